The Kier molecular flexibility index (Phi) is 8.84. The Bertz CT molecular complexity index is 1460. The zero-order valence-electron chi connectivity index (χ0n) is 22.3. The van der Waals surface area contributed by atoms with Crippen LogP contribution in [0.1, 0.15) is 36.8 Å². The molecule has 1 fully saturated rings. The first kappa shape index (κ1) is 28.4. The molecular weight excluding hydrogens is 522 g/mol. The van der Waals surface area contributed by atoms with Crippen molar-refractivity contribution in [1.29, 1.82) is 0 Å². The Labute approximate surface area is 229 Å². The van der Waals surface area contributed by atoms with Crippen LogP contribution in [0.2, 0.25) is 0 Å². The third-order valence-electron chi connectivity index (χ3n) is 6.33. The fourth-order valence-corrected chi connectivity index (χ4v) is 4.32. The number of ether oxygens (including phenoxy) is 4. The highest BCUT2D eigenvalue weighted by atomic mass is 16.7. The zero-order chi connectivity index (χ0) is 28.8. The number of benzene rings is 1. The Balaban J connectivity index is 1.44. The molecule has 2 aromatic heterocycles. The summed E-state index contributed by atoms with van der Waals surface area (Å²) in [5, 5.41) is 0. The monoisotopic (exact) mass is 553 g/mol. The average Bonchev–Trinajstić information content (AvgIpc) is 3.31. The van der Waals surface area contributed by atoms with E-state index in [1.165, 1.54) is 17.7 Å². The largest absolute Gasteiger partial charge is 0.509 e. The molecule has 0 amide bonds. The molecule has 0 spiro atoms. The lowest BCUT2D eigenvalue weighted by atomic mass is 10.1. The number of H-pyrrole nitrogens is 1. The Morgan fingerprint density at radius 2 is 2.00 bits per heavy atom. The summed E-state index contributed by atoms with van der Waals surface area (Å²) in [5.41, 5.74) is 6.28. The molecular formula is C27H31N5O8. The highest BCUT2D eigenvalue weighted by Crippen LogP contribution is 2.31. The minimum atomic E-state index is -0.964. The molecule has 1 aromatic carbocycles. The number of carbonyl (C=O) groups excluding carboxylic acids is 2. The molecule has 13 nitrogen and oxygen atoms in total. The highest BCUT2D eigenvalue weighted by molar-refractivity contribution is 5.66. The van der Waals surface area contributed by atoms with E-state index < -0.39 is 47.9 Å². The van der Waals surface area contributed by atoms with Crippen LogP contribution in [0.25, 0.3) is 0 Å². The van der Waals surface area contributed by atoms with Crippen LogP contribution in [0.3, 0.4) is 0 Å². The molecule has 0 radical (unpaired) electrons. The van der Waals surface area contributed by atoms with Gasteiger partial charge in [-0.3, -0.25) is 19.1 Å². The second-order valence-corrected chi connectivity index (χ2v) is 9.40. The van der Waals surface area contributed by atoms with Gasteiger partial charge in [-0.1, -0.05) is 30.3 Å². The maximum absolute atomic E-state index is 12.8. The van der Waals surface area contributed by atoms with Crippen LogP contribution >= 0.6 is 0 Å². The maximum atomic E-state index is 12.8. The number of pyridine rings is 1. The minimum absolute atomic E-state index is 0.110. The molecule has 0 bridgehead atoms. The summed E-state index contributed by atoms with van der Waals surface area (Å²) in [6, 6.07) is 12.5. The minimum Gasteiger partial charge on any atom is -0.459 e. The molecule has 3 aromatic rings. The van der Waals surface area contributed by atoms with Gasteiger partial charge in [0.05, 0.1) is 6.54 Å². The molecule has 40 heavy (non-hydrogen) atoms. The van der Waals surface area contributed by atoms with Crippen molar-refractivity contribution in [2.45, 2.75) is 44.8 Å². The van der Waals surface area contributed by atoms with Gasteiger partial charge in [0.2, 0.25) is 0 Å². The Hall–Kier alpha value is -4.65. The van der Waals surface area contributed by atoms with Crippen LogP contribution in [0, 0.1) is 6.92 Å². The normalized spacial score (nSPS) is 19.0. The van der Waals surface area contributed by atoms with Crippen molar-refractivity contribution in [2.75, 3.05) is 30.8 Å². The predicted molar refractivity (Wildman–Crippen MR) is 144 cm³/mol. The summed E-state index contributed by atoms with van der Waals surface area (Å²) in [4.78, 5) is 56.9. The highest BCUT2D eigenvalue weighted by Gasteiger charge is 2.40. The van der Waals surface area contributed by atoms with Gasteiger partial charge in [-0.15, -0.1) is 0 Å². The molecule has 4 rings (SSSR count). The molecule has 3 heterocycles. The molecule has 4 atom stereocenters. The number of hydrogen-bond acceptors (Lipinski definition) is 11. The Morgan fingerprint density at radius 1 is 1.25 bits per heavy atom. The molecule has 212 valence electrons. The fourth-order valence-electron chi connectivity index (χ4n) is 4.32. The van der Waals surface area contributed by atoms with Crippen LogP contribution in [-0.4, -0.2) is 59.1 Å². The summed E-state index contributed by atoms with van der Waals surface area (Å²) in [6.07, 6.45) is -1.16. The number of nitrogens with zero attached hydrogens (tertiary/aromatic N) is 3. The van der Waals surface area contributed by atoms with Crippen molar-refractivity contribution in [3.05, 3.63) is 86.8 Å². The molecule has 1 aliphatic heterocycles. The van der Waals surface area contributed by atoms with Crippen LogP contribution in [0.4, 0.5) is 16.3 Å². The van der Waals surface area contributed by atoms with Gasteiger partial charge in [0.1, 0.15) is 37.0 Å². The first-order valence-electron chi connectivity index (χ1n) is 12.6. The van der Waals surface area contributed by atoms with Crippen molar-refractivity contribution in [3.8, 4) is 0 Å². The van der Waals surface area contributed by atoms with E-state index >= 15 is 0 Å². The molecule has 13 heteroatoms. The number of aryl methyl sites for hydroxylation is 1. The van der Waals surface area contributed by atoms with Gasteiger partial charge in [-0.25, -0.2) is 14.6 Å². The number of hydrogen-bond donors (Lipinski definition) is 2. The van der Waals surface area contributed by atoms with E-state index in [0.717, 1.165) is 5.56 Å². The summed E-state index contributed by atoms with van der Waals surface area (Å²) in [7, 11) is 1.79. The first-order chi connectivity index (χ1) is 19.1. The Morgan fingerprint density at radius 3 is 2.70 bits per heavy atom. The van der Waals surface area contributed by atoms with Gasteiger partial charge >= 0.3 is 17.8 Å². The number of nitrogens with two attached hydrogens (primary N) is 1. The van der Waals surface area contributed by atoms with E-state index in [4.69, 9.17) is 24.7 Å². The molecule has 1 unspecified atom stereocenters. The molecule has 0 aliphatic carbocycles. The molecule has 1 aliphatic rings. The second-order valence-electron chi connectivity index (χ2n) is 9.40. The van der Waals surface area contributed by atoms with Crippen molar-refractivity contribution in [2.24, 2.45) is 0 Å². The quantitative estimate of drug-likeness (QED) is 0.372. The standard InChI is InChI=1S/C27H31N5O8/c1-16-13-32(26(35)30-25(16)34)24-12-20(38-17(2)33)22(39-24)15-37-27(36)40-21(18-7-5-4-6-8-18)14-31(3)23-11-19(28)9-10-29-23/h4-11,13,20-22,24H,12,14-15H2,1-3H3,(H2,28,29)(H,30,34,35)/t20-,21?,22+,24+/m0/s1. The lowest BCUT2D eigenvalue weighted by molar-refractivity contribution is -0.150. The van der Waals surface area contributed by atoms with Crippen LogP contribution in [0.5, 0.6) is 0 Å². The van der Waals surface area contributed by atoms with E-state index in [0.29, 0.717) is 17.1 Å². The van der Waals surface area contributed by atoms with E-state index in [2.05, 4.69) is 9.97 Å². The van der Waals surface area contributed by atoms with E-state index in [-0.39, 0.29) is 19.6 Å². The number of carbonyl (C=O) groups is 2. The van der Waals surface area contributed by atoms with Crippen molar-refractivity contribution in [3.63, 3.8) is 0 Å². The topological polar surface area (TPSA) is 168 Å². The predicted octanol–water partition coefficient (Wildman–Crippen LogP) is 2.07. The lowest BCUT2D eigenvalue weighted by Gasteiger charge is -2.25. The summed E-state index contributed by atoms with van der Waals surface area (Å²) >= 11 is 0. The molecule has 3 N–H and O–H groups in total. The van der Waals surface area contributed by atoms with E-state index in [1.54, 1.807) is 37.2 Å². The van der Waals surface area contributed by atoms with Crippen LogP contribution in [-0.2, 0) is 23.7 Å². The third-order valence-corrected chi connectivity index (χ3v) is 6.33. The number of nitrogen functional groups attached to an aromatic ring is 1. The molecule has 0 saturated carbocycles. The molecule has 1 saturated heterocycles. The van der Waals surface area contributed by atoms with Gasteiger partial charge in [-0.05, 0) is 18.6 Å². The van der Waals surface area contributed by atoms with Gasteiger partial charge in [0.15, 0.2) is 0 Å². The summed E-state index contributed by atoms with van der Waals surface area (Å²) in [6.45, 7) is 2.74. The number of nitrogens with one attached hydrogen (secondary N) is 1. The van der Waals surface area contributed by atoms with Crippen molar-refractivity contribution < 1.29 is 28.5 Å². The fraction of sp³-hybridized carbons (Fsp3) is 0.370. The van der Waals surface area contributed by atoms with Crippen LogP contribution < -0.4 is 21.9 Å². The van der Waals surface area contributed by atoms with Gasteiger partial charge in [0.25, 0.3) is 5.56 Å². The number of anilines is 2. The second kappa shape index (κ2) is 12.5. The summed E-state index contributed by atoms with van der Waals surface area (Å²) < 4.78 is 23.5. The lowest BCUT2D eigenvalue weighted by Crippen LogP contribution is -2.34. The van der Waals surface area contributed by atoms with Gasteiger partial charge < -0.3 is 29.6 Å². The average molecular weight is 554 g/mol. The first-order valence-corrected chi connectivity index (χ1v) is 12.6. The number of esters is 1. The summed E-state index contributed by atoms with van der Waals surface area (Å²) in [5.74, 6) is 0.0365. The van der Waals surface area contributed by atoms with Gasteiger partial charge in [-0.2, -0.15) is 0 Å². The number of likely N-dealkylation sites (N-methyl/N-ethyl adjacent to an activating group) is 1. The third kappa shape index (κ3) is 7.05. The number of aromatic nitrogens is 3. The smallest absolute Gasteiger partial charge is 0.459 e. The van der Waals surface area contributed by atoms with Gasteiger partial charge in [0, 0.05) is 50.1 Å². The van der Waals surface area contributed by atoms with E-state index in [1.807, 2.05) is 30.3 Å². The SMILES string of the molecule is CC(=O)O[C@H]1C[C@H](n2cc(C)c(=O)[nH]c2=O)O[C@@H]1COC(=O)OC(CN(C)c1cc(N)ccn1)c1ccccc1. The number of rotatable bonds is 9. The van der Waals surface area contributed by atoms with Crippen molar-refractivity contribution in [1.82, 2.24) is 14.5 Å². The van der Waals surface area contributed by atoms with Crippen LogP contribution in [0.15, 0.2) is 64.4 Å². The van der Waals surface area contributed by atoms with E-state index in [9.17, 15) is 19.2 Å². The maximum Gasteiger partial charge on any atom is 0.509 e. The van der Waals surface area contributed by atoms with Crippen molar-refractivity contribution >= 4 is 23.6 Å². The number of aromatic amines is 1. The zero-order valence-corrected chi connectivity index (χ0v) is 22.3.